The maximum atomic E-state index is 11.9. The van der Waals surface area contributed by atoms with Crippen LogP contribution in [0.5, 0.6) is 0 Å². The molecule has 23 heavy (non-hydrogen) atoms. The maximum Gasteiger partial charge on any atom is 0.260 e. The van der Waals surface area contributed by atoms with Crippen molar-refractivity contribution in [1.29, 1.82) is 0 Å². The molecule has 0 saturated heterocycles. The van der Waals surface area contributed by atoms with E-state index in [1.807, 2.05) is 17.5 Å². The van der Waals surface area contributed by atoms with Gasteiger partial charge in [0.25, 0.3) is 5.91 Å². The van der Waals surface area contributed by atoms with Crippen LogP contribution in [0.25, 0.3) is 0 Å². The second-order valence-electron chi connectivity index (χ2n) is 4.55. The van der Waals surface area contributed by atoms with Gasteiger partial charge in [0.2, 0.25) is 10.0 Å². The van der Waals surface area contributed by atoms with Crippen molar-refractivity contribution in [2.45, 2.75) is 0 Å². The topological polar surface area (TPSA) is 78.8 Å². The zero-order valence-corrected chi connectivity index (χ0v) is 14.5. The molecule has 9 heteroatoms. The molecule has 0 bridgehead atoms. The number of hydrogen-bond acceptors (Lipinski definition) is 5. The Balaban J connectivity index is 2.06. The number of rotatable bonds is 6. The van der Waals surface area contributed by atoms with Gasteiger partial charge in [-0.2, -0.15) is 5.10 Å². The second-order valence-corrected chi connectivity index (χ2v) is 7.88. The first-order valence-corrected chi connectivity index (χ1v) is 9.55. The molecule has 1 aromatic carbocycles. The number of anilines is 1. The van der Waals surface area contributed by atoms with Gasteiger partial charge in [-0.05, 0) is 35.7 Å². The van der Waals surface area contributed by atoms with Crippen LogP contribution in [0.4, 0.5) is 5.69 Å². The van der Waals surface area contributed by atoms with Crippen LogP contribution in [0, 0.1) is 0 Å². The van der Waals surface area contributed by atoms with E-state index >= 15 is 0 Å². The number of sulfonamides is 1. The highest BCUT2D eigenvalue weighted by molar-refractivity contribution is 7.92. The van der Waals surface area contributed by atoms with Gasteiger partial charge in [-0.3, -0.25) is 9.10 Å². The molecule has 1 aromatic heterocycles. The summed E-state index contributed by atoms with van der Waals surface area (Å²) in [6, 6.07) is 9.89. The molecule has 122 valence electrons. The molecule has 0 radical (unpaired) electrons. The van der Waals surface area contributed by atoms with Crippen LogP contribution in [-0.4, -0.2) is 33.3 Å². The first-order chi connectivity index (χ1) is 10.9. The van der Waals surface area contributed by atoms with Gasteiger partial charge in [-0.15, -0.1) is 11.3 Å². The highest BCUT2D eigenvalue weighted by Crippen LogP contribution is 2.20. The van der Waals surface area contributed by atoms with Gasteiger partial charge < -0.3 is 0 Å². The second kappa shape index (κ2) is 7.58. The lowest BCUT2D eigenvalue weighted by molar-refractivity contribution is -0.119. The molecular formula is C14H14ClN3O3S2. The molecule has 2 rings (SSSR count). The summed E-state index contributed by atoms with van der Waals surface area (Å²) < 4.78 is 24.8. The Labute approximate surface area is 143 Å². The number of carbonyl (C=O) groups excluding carboxylic acids is 1. The van der Waals surface area contributed by atoms with E-state index in [0.29, 0.717) is 10.7 Å². The van der Waals surface area contributed by atoms with Crippen LogP contribution >= 0.6 is 22.9 Å². The third kappa shape index (κ3) is 5.34. The number of hydrazone groups is 1. The predicted molar refractivity (Wildman–Crippen MR) is 93.7 cm³/mol. The van der Waals surface area contributed by atoms with E-state index in [1.54, 1.807) is 12.1 Å². The number of nitrogens with zero attached hydrogens (tertiary/aromatic N) is 2. The minimum Gasteiger partial charge on any atom is -0.271 e. The van der Waals surface area contributed by atoms with Gasteiger partial charge in [0, 0.05) is 9.90 Å². The standard InChI is InChI=1S/C14H14ClN3O3S2/c1-23(20,21)18(12-6-4-11(15)5-7-12)10-14(19)17-16-9-13-3-2-8-22-13/h2-9H,10H2,1H3,(H,17,19)/b16-9-. The number of nitrogens with one attached hydrogen (secondary N) is 1. The third-order valence-electron chi connectivity index (χ3n) is 2.73. The minimum absolute atomic E-state index is 0.356. The van der Waals surface area contributed by atoms with Crippen molar-refractivity contribution in [2.75, 3.05) is 17.1 Å². The van der Waals surface area contributed by atoms with Crippen LogP contribution in [0.1, 0.15) is 4.88 Å². The van der Waals surface area contributed by atoms with Crippen molar-refractivity contribution >= 4 is 50.8 Å². The van der Waals surface area contributed by atoms with Gasteiger partial charge in [0.05, 0.1) is 18.2 Å². The van der Waals surface area contributed by atoms with Crippen molar-refractivity contribution in [1.82, 2.24) is 5.43 Å². The normalized spacial score (nSPS) is 11.6. The van der Waals surface area contributed by atoms with E-state index < -0.39 is 15.9 Å². The fraction of sp³-hybridized carbons (Fsp3) is 0.143. The number of amides is 1. The smallest absolute Gasteiger partial charge is 0.260 e. The molecule has 0 aliphatic heterocycles. The average Bonchev–Trinajstić information content (AvgIpc) is 2.98. The summed E-state index contributed by atoms with van der Waals surface area (Å²) >= 11 is 7.26. The SMILES string of the molecule is CS(=O)(=O)N(CC(=O)N/N=C\c1cccs1)c1ccc(Cl)cc1. The summed E-state index contributed by atoms with van der Waals surface area (Å²) in [5.74, 6) is -0.543. The number of carbonyl (C=O) groups is 1. The Morgan fingerprint density at radius 3 is 2.61 bits per heavy atom. The summed E-state index contributed by atoms with van der Waals surface area (Å²) in [5, 5.41) is 6.16. The summed E-state index contributed by atoms with van der Waals surface area (Å²) in [6.45, 7) is -0.373. The molecule has 1 amide bonds. The number of halogens is 1. The quantitative estimate of drug-likeness (QED) is 0.625. The monoisotopic (exact) mass is 371 g/mol. The van der Waals surface area contributed by atoms with Crippen LogP contribution in [0.15, 0.2) is 46.9 Å². The molecule has 2 aromatic rings. The van der Waals surface area contributed by atoms with Gasteiger partial charge in [0.15, 0.2) is 0 Å². The minimum atomic E-state index is -3.61. The molecule has 0 aliphatic carbocycles. The molecule has 0 fully saturated rings. The summed E-state index contributed by atoms with van der Waals surface area (Å²) in [6.07, 6.45) is 2.53. The fourth-order valence-corrected chi connectivity index (χ4v) is 3.27. The summed E-state index contributed by atoms with van der Waals surface area (Å²) in [7, 11) is -3.61. The third-order valence-corrected chi connectivity index (χ3v) is 4.93. The van der Waals surface area contributed by atoms with Gasteiger partial charge >= 0.3 is 0 Å². The lowest BCUT2D eigenvalue weighted by Gasteiger charge is -2.21. The number of benzene rings is 1. The Kier molecular flexibility index (Phi) is 5.75. The van der Waals surface area contributed by atoms with Gasteiger partial charge in [-0.1, -0.05) is 17.7 Å². The average molecular weight is 372 g/mol. The highest BCUT2D eigenvalue weighted by Gasteiger charge is 2.20. The van der Waals surface area contributed by atoms with E-state index in [1.165, 1.54) is 29.7 Å². The van der Waals surface area contributed by atoms with Crippen molar-refractivity contribution < 1.29 is 13.2 Å². The lowest BCUT2D eigenvalue weighted by atomic mass is 10.3. The van der Waals surface area contributed by atoms with Crippen LogP contribution < -0.4 is 9.73 Å². The van der Waals surface area contributed by atoms with Crippen molar-refractivity contribution in [3.05, 3.63) is 51.7 Å². The lowest BCUT2D eigenvalue weighted by Crippen LogP contribution is -2.38. The number of thiophene rings is 1. The first-order valence-electron chi connectivity index (χ1n) is 6.45. The maximum absolute atomic E-state index is 11.9. The Bertz CT molecular complexity index is 787. The number of hydrogen-bond donors (Lipinski definition) is 1. The predicted octanol–water partition coefficient (Wildman–Crippen LogP) is 2.32. The molecule has 0 saturated carbocycles. The first kappa shape index (κ1) is 17.5. The highest BCUT2D eigenvalue weighted by atomic mass is 35.5. The van der Waals surface area contributed by atoms with E-state index in [4.69, 9.17) is 11.6 Å². The molecule has 0 spiro atoms. The fourth-order valence-electron chi connectivity index (χ4n) is 1.71. The van der Waals surface area contributed by atoms with E-state index in [2.05, 4.69) is 10.5 Å². The largest absolute Gasteiger partial charge is 0.271 e. The van der Waals surface area contributed by atoms with Crippen molar-refractivity contribution in [3.8, 4) is 0 Å². The molecule has 0 atom stereocenters. The van der Waals surface area contributed by atoms with Crippen LogP contribution in [0.3, 0.4) is 0 Å². The van der Waals surface area contributed by atoms with E-state index in [0.717, 1.165) is 15.4 Å². The van der Waals surface area contributed by atoms with Crippen molar-refractivity contribution in [3.63, 3.8) is 0 Å². The van der Waals surface area contributed by atoms with E-state index in [9.17, 15) is 13.2 Å². The zero-order chi connectivity index (χ0) is 16.9. The summed E-state index contributed by atoms with van der Waals surface area (Å²) in [4.78, 5) is 12.8. The zero-order valence-electron chi connectivity index (χ0n) is 12.1. The van der Waals surface area contributed by atoms with Gasteiger partial charge in [0.1, 0.15) is 6.54 Å². The van der Waals surface area contributed by atoms with Gasteiger partial charge in [-0.25, -0.2) is 13.8 Å². The van der Waals surface area contributed by atoms with E-state index in [-0.39, 0.29) is 6.54 Å². The molecule has 0 aliphatic rings. The molecular weight excluding hydrogens is 358 g/mol. The Morgan fingerprint density at radius 1 is 1.35 bits per heavy atom. The molecule has 6 nitrogen and oxygen atoms in total. The molecule has 1 heterocycles. The van der Waals surface area contributed by atoms with Crippen LogP contribution in [-0.2, 0) is 14.8 Å². The van der Waals surface area contributed by atoms with Crippen LogP contribution in [0.2, 0.25) is 5.02 Å². The van der Waals surface area contributed by atoms with Crippen molar-refractivity contribution in [2.24, 2.45) is 5.10 Å². The molecule has 1 N–H and O–H groups in total. The Morgan fingerprint density at radius 2 is 2.04 bits per heavy atom. The summed E-state index contributed by atoms with van der Waals surface area (Å²) in [5.41, 5.74) is 2.67. The Hall–Kier alpha value is -1.90. The molecule has 0 unspecified atom stereocenters.